The Labute approximate surface area is 173 Å². The lowest BCUT2D eigenvalue weighted by Crippen LogP contribution is -2.47. The topological polar surface area (TPSA) is 87.2 Å². The predicted molar refractivity (Wildman–Crippen MR) is 112 cm³/mol. The van der Waals surface area contributed by atoms with Crippen LogP contribution in [0.15, 0.2) is 18.2 Å². The van der Waals surface area contributed by atoms with Gasteiger partial charge in [-0.05, 0) is 63.8 Å². The Kier molecular flexibility index (Phi) is 6.07. The second-order valence-electron chi connectivity index (χ2n) is 8.55. The molecule has 0 aromatic heterocycles. The van der Waals surface area contributed by atoms with Gasteiger partial charge >= 0.3 is 6.09 Å². The maximum absolute atomic E-state index is 12.3. The largest absolute Gasteiger partial charge is 0.444 e. The van der Waals surface area contributed by atoms with Crippen molar-refractivity contribution in [2.45, 2.75) is 58.1 Å². The molecule has 29 heavy (non-hydrogen) atoms. The minimum Gasteiger partial charge on any atom is -0.444 e. The number of benzene rings is 1. The molecule has 9 heteroatoms. The van der Waals surface area contributed by atoms with Crippen molar-refractivity contribution in [3.8, 4) is 0 Å². The third-order valence-electron chi connectivity index (χ3n) is 5.31. The Morgan fingerprint density at radius 3 is 2.41 bits per heavy atom. The summed E-state index contributed by atoms with van der Waals surface area (Å²) in [4.78, 5) is 27.4. The molecular formula is C20H29N3O5S. The molecular weight excluding hydrogens is 394 g/mol. The van der Waals surface area contributed by atoms with Gasteiger partial charge in [0.05, 0.1) is 5.69 Å². The van der Waals surface area contributed by atoms with E-state index in [4.69, 9.17) is 4.74 Å². The van der Waals surface area contributed by atoms with Crippen LogP contribution >= 0.6 is 0 Å². The fraction of sp³-hybridized carbons (Fsp3) is 0.600. The van der Waals surface area contributed by atoms with Gasteiger partial charge in [0.25, 0.3) is 0 Å². The highest BCUT2D eigenvalue weighted by molar-refractivity contribution is 7.74. The van der Waals surface area contributed by atoms with Crippen molar-refractivity contribution in [1.29, 1.82) is 0 Å². The number of carbonyl (C=O) groups is 2. The summed E-state index contributed by atoms with van der Waals surface area (Å²) in [6.07, 6.45) is 1.74. The van der Waals surface area contributed by atoms with Crippen LogP contribution in [-0.4, -0.2) is 57.1 Å². The molecule has 1 aromatic carbocycles. The predicted octanol–water partition coefficient (Wildman–Crippen LogP) is 2.33. The van der Waals surface area contributed by atoms with Crippen molar-refractivity contribution in [2.24, 2.45) is 0 Å². The van der Waals surface area contributed by atoms with Gasteiger partial charge in [-0.25, -0.2) is 13.2 Å². The van der Waals surface area contributed by atoms with Crippen LogP contribution in [0.25, 0.3) is 0 Å². The Balaban J connectivity index is 1.74. The number of hydrogen-bond acceptors (Lipinski definition) is 5. The fourth-order valence-corrected chi connectivity index (χ4v) is 4.65. The highest BCUT2D eigenvalue weighted by atomic mass is 32.2. The second kappa shape index (κ2) is 8.22. The van der Waals surface area contributed by atoms with E-state index in [-0.39, 0.29) is 18.0 Å². The van der Waals surface area contributed by atoms with Crippen LogP contribution in [0.1, 0.15) is 45.6 Å². The second-order valence-corrected chi connectivity index (χ2v) is 9.45. The monoisotopic (exact) mass is 423 g/mol. The van der Waals surface area contributed by atoms with Gasteiger partial charge in [-0.15, -0.1) is 0 Å². The number of rotatable bonds is 3. The van der Waals surface area contributed by atoms with Crippen molar-refractivity contribution >= 4 is 34.3 Å². The number of piperidine rings is 1. The molecule has 1 aromatic rings. The third-order valence-corrected chi connectivity index (χ3v) is 6.22. The third kappa shape index (κ3) is 4.83. The van der Waals surface area contributed by atoms with Gasteiger partial charge in [0.1, 0.15) is 5.60 Å². The Morgan fingerprint density at radius 2 is 1.83 bits per heavy atom. The summed E-state index contributed by atoms with van der Waals surface area (Å²) >= 11 is 0. The minimum atomic E-state index is -2.83. The minimum absolute atomic E-state index is 0.0616. The molecule has 0 saturated carbocycles. The molecule has 0 atom stereocenters. The van der Waals surface area contributed by atoms with E-state index in [2.05, 4.69) is 0 Å². The summed E-state index contributed by atoms with van der Waals surface area (Å²) in [5.41, 5.74) is 1.84. The van der Waals surface area contributed by atoms with E-state index in [1.165, 1.54) is 4.31 Å². The number of anilines is 2. The fourth-order valence-electron chi connectivity index (χ4n) is 3.84. The zero-order valence-electron chi connectivity index (χ0n) is 17.4. The molecule has 1 saturated heterocycles. The average molecular weight is 424 g/mol. The molecule has 8 nitrogen and oxygen atoms in total. The summed E-state index contributed by atoms with van der Waals surface area (Å²) in [7, 11) is -1.10. The van der Waals surface area contributed by atoms with Crippen LogP contribution in [0.5, 0.6) is 0 Å². The quantitative estimate of drug-likeness (QED) is 0.754. The molecule has 0 unspecified atom stereocenters. The first kappa shape index (κ1) is 21.4. The van der Waals surface area contributed by atoms with E-state index in [0.717, 1.165) is 11.3 Å². The standard InChI is InChI=1S/C20H29N3O5S/c1-20(2,3)28-19(25)22-11-9-15(10-12-22)23(29(26)27)16-6-7-17-14(13-16)5-8-18(24)21(17)4/h6-7,13,15,29H,5,8-12H2,1-4H3. The average Bonchev–Trinajstić information content (AvgIpc) is 2.64. The molecule has 0 N–H and O–H groups in total. The Bertz CT molecular complexity index is 861. The van der Waals surface area contributed by atoms with E-state index in [1.807, 2.05) is 32.9 Å². The van der Waals surface area contributed by atoms with Gasteiger partial charge in [0.15, 0.2) is 0 Å². The molecule has 0 spiro atoms. The number of nitrogens with zero attached hydrogens (tertiary/aromatic N) is 3. The molecule has 2 aliphatic heterocycles. The van der Waals surface area contributed by atoms with E-state index in [1.54, 1.807) is 22.9 Å². The first-order chi connectivity index (χ1) is 13.6. The molecule has 2 aliphatic rings. The molecule has 0 bridgehead atoms. The zero-order valence-corrected chi connectivity index (χ0v) is 18.3. The van der Waals surface area contributed by atoms with Crippen molar-refractivity contribution in [3.05, 3.63) is 23.8 Å². The molecule has 0 aliphatic carbocycles. The number of carbonyl (C=O) groups excluding carboxylic acids is 2. The SMILES string of the molecule is CN1C(=O)CCc2cc(N(C3CCN(C(=O)OC(C)(C)C)CC3)[SH](=O)=O)ccc21. The van der Waals surface area contributed by atoms with Gasteiger partial charge in [0, 0.05) is 38.3 Å². The summed E-state index contributed by atoms with van der Waals surface area (Å²) in [5, 5.41) is 0. The first-order valence-corrected chi connectivity index (χ1v) is 11.0. The maximum atomic E-state index is 12.3. The van der Waals surface area contributed by atoms with Crippen LogP contribution < -0.4 is 9.21 Å². The molecule has 0 radical (unpaired) electrons. The maximum Gasteiger partial charge on any atom is 0.410 e. The number of thiol groups is 1. The lowest BCUT2D eigenvalue weighted by Gasteiger charge is -2.37. The van der Waals surface area contributed by atoms with E-state index >= 15 is 0 Å². The van der Waals surface area contributed by atoms with E-state index in [0.29, 0.717) is 44.5 Å². The highest BCUT2D eigenvalue weighted by Gasteiger charge is 2.31. The van der Waals surface area contributed by atoms with Gasteiger partial charge in [-0.3, -0.25) is 9.10 Å². The number of amides is 2. The number of fused-ring (bicyclic) bond motifs is 1. The van der Waals surface area contributed by atoms with Gasteiger partial charge in [0.2, 0.25) is 16.8 Å². The zero-order chi connectivity index (χ0) is 21.3. The summed E-state index contributed by atoms with van der Waals surface area (Å²) in [5.74, 6) is 0.0616. The van der Waals surface area contributed by atoms with E-state index in [9.17, 15) is 18.0 Å². The number of ether oxygens (including phenoxy) is 1. The molecule has 2 amide bonds. The van der Waals surface area contributed by atoms with Crippen molar-refractivity contribution < 1.29 is 22.7 Å². The summed E-state index contributed by atoms with van der Waals surface area (Å²) < 4.78 is 31.0. The molecule has 3 rings (SSSR count). The lowest BCUT2D eigenvalue weighted by molar-refractivity contribution is -0.118. The van der Waals surface area contributed by atoms with Crippen LogP contribution in [0.3, 0.4) is 0 Å². The van der Waals surface area contributed by atoms with Gasteiger partial charge in [-0.2, -0.15) is 0 Å². The van der Waals surface area contributed by atoms with E-state index < -0.39 is 16.5 Å². The summed E-state index contributed by atoms with van der Waals surface area (Å²) in [6.45, 7) is 6.36. The Hall–Kier alpha value is -2.29. The van der Waals surface area contributed by atoms with Crippen molar-refractivity contribution in [1.82, 2.24) is 4.90 Å². The lowest BCUT2D eigenvalue weighted by atomic mass is 10.00. The smallest absolute Gasteiger partial charge is 0.410 e. The number of hydrogen-bond donors (Lipinski definition) is 1. The van der Waals surface area contributed by atoms with Crippen molar-refractivity contribution in [2.75, 3.05) is 29.3 Å². The van der Waals surface area contributed by atoms with Gasteiger partial charge in [-0.1, -0.05) is 0 Å². The Morgan fingerprint density at radius 1 is 1.17 bits per heavy atom. The molecule has 160 valence electrons. The first-order valence-electron chi connectivity index (χ1n) is 9.88. The highest BCUT2D eigenvalue weighted by Crippen LogP contribution is 2.33. The van der Waals surface area contributed by atoms with Gasteiger partial charge < -0.3 is 14.5 Å². The summed E-state index contributed by atoms with van der Waals surface area (Å²) in [6, 6.07) is 5.21. The van der Waals surface area contributed by atoms with Crippen molar-refractivity contribution in [3.63, 3.8) is 0 Å². The number of aryl methyl sites for hydroxylation is 1. The molecule has 2 heterocycles. The molecule has 1 fully saturated rings. The normalized spacial score (nSPS) is 18.0. The van der Waals surface area contributed by atoms with Crippen LogP contribution in [0, 0.1) is 0 Å². The van der Waals surface area contributed by atoms with Crippen LogP contribution in [0.4, 0.5) is 16.2 Å². The van der Waals surface area contributed by atoms with Crippen LogP contribution in [0.2, 0.25) is 0 Å². The van der Waals surface area contributed by atoms with Crippen LogP contribution in [-0.2, 0) is 26.8 Å². The number of likely N-dealkylation sites (tertiary alicyclic amines) is 1.